The van der Waals surface area contributed by atoms with Gasteiger partial charge < -0.3 is 15.0 Å². The monoisotopic (exact) mass is 315 g/mol. The topological polar surface area (TPSA) is 65.4 Å². The number of amides is 1. The Morgan fingerprint density at radius 1 is 1.48 bits per heavy atom. The van der Waals surface area contributed by atoms with E-state index in [0.717, 1.165) is 50.3 Å². The quantitative estimate of drug-likeness (QED) is 0.840. The maximum atomic E-state index is 12.6. The van der Waals surface area contributed by atoms with Gasteiger partial charge in [0, 0.05) is 19.5 Å². The highest BCUT2D eigenvalue weighted by molar-refractivity contribution is 5.94. The molecule has 0 radical (unpaired) electrons. The molecule has 1 atom stereocenters. The molecule has 0 spiro atoms. The van der Waals surface area contributed by atoms with Crippen molar-refractivity contribution >= 4 is 11.6 Å². The van der Waals surface area contributed by atoms with Crippen LogP contribution < -0.4 is 10.1 Å². The van der Waals surface area contributed by atoms with Crippen molar-refractivity contribution in [3.63, 3.8) is 0 Å². The molecular formula is C18H25N3O2. The number of likely N-dealkylation sites (tertiary alicyclic amines) is 1. The Hall–Kier alpha value is -2.06. The van der Waals surface area contributed by atoms with Crippen LogP contribution in [0.4, 0.5) is 5.69 Å². The minimum atomic E-state index is -0.0262. The molecule has 0 saturated carbocycles. The van der Waals surface area contributed by atoms with E-state index in [0.29, 0.717) is 13.0 Å². The molecule has 1 aliphatic heterocycles. The lowest BCUT2D eigenvalue weighted by molar-refractivity contribution is -0.121. The number of nitrogens with one attached hydrogen (secondary N) is 1. The third-order valence-corrected chi connectivity index (χ3v) is 4.02. The summed E-state index contributed by atoms with van der Waals surface area (Å²) in [6.45, 7) is 5.14. The summed E-state index contributed by atoms with van der Waals surface area (Å²) in [5, 5.41) is 11.7. The minimum absolute atomic E-state index is 0.0262. The van der Waals surface area contributed by atoms with E-state index in [1.54, 1.807) is 0 Å². The molecule has 1 fully saturated rings. The highest BCUT2D eigenvalue weighted by atomic mass is 16.5. The van der Waals surface area contributed by atoms with Gasteiger partial charge in [-0.05, 0) is 37.9 Å². The second kappa shape index (κ2) is 9.16. The van der Waals surface area contributed by atoms with Gasteiger partial charge in [-0.1, -0.05) is 19.1 Å². The van der Waals surface area contributed by atoms with E-state index in [1.807, 2.05) is 24.3 Å². The van der Waals surface area contributed by atoms with Crippen LogP contribution >= 0.6 is 0 Å². The second-order valence-electron chi connectivity index (χ2n) is 5.88. The summed E-state index contributed by atoms with van der Waals surface area (Å²) in [7, 11) is 0. The first kappa shape index (κ1) is 17.3. The average molecular weight is 315 g/mol. The van der Waals surface area contributed by atoms with Crippen LogP contribution in [0, 0.1) is 17.2 Å². The van der Waals surface area contributed by atoms with Crippen molar-refractivity contribution < 1.29 is 9.53 Å². The van der Waals surface area contributed by atoms with Crippen LogP contribution in [-0.4, -0.2) is 37.0 Å². The molecule has 1 saturated heterocycles. The number of hydrogen-bond acceptors (Lipinski definition) is 4. The number of nitrogens with zero attached hydrogens (tertiary/aromatic N) is 2. The molecule has 5 heteroatoms. The molecule has 1 unspecified atom stereocenters. The van der Waals surface area contributed by atoms with Crippen LogP contribution in [-0.2, 0) is 4.79 Å². The number of para-hydroxylation sites is 2. The van der Waals surface area contributed by atoms with Crippen LogP contribution in [0.15, 0.2) is 24.3 Å². The summed E-state index contributed by atoms with van der Waals surface area (Å²) in [5.41, 5.74) is 0.736. The zero-order chi connectivity index (χ0) is 16.5. The fraction of sp³-hybridized carbons (Fsp3) is 0.556. The maximum absolute atomic E-state index is 12.6. The summed E-state index contributed by atoms with van der Waals surface area (Å²) in [4.78, 5) is 14.8. The van der Waals surface area contributed by atoms with Gasteiger partial charge in [-0.3, -0.25) is 4.79 Å². The number of carbonyl (C=O) groups excluding carboxylic acids is 1. The number of piperidine rings is 1. The number of rotatable bonds is 7. The van der Waals surface area contributed by atoms with Crippen LogP contribution in [0.25, 0.3) is 0 Å². The second-order valence-corrected chi connectivity index (χ2v) is 5.88. The number of anilines is 1. The molecular weight excluding hydrogens is 290 g/mol. The zero-order valence-electron chi connectivity index (χ0n) is 13.8. The first-order valence-corrected chi connectivity index (χ1v) is 8.36. The molecule has 0 aromatic heterocycles. The predicted octanol–water partition coefficient (Wildman–Crippen LogP) is 3.04. The van der Waals surface area contributed by atoms with Gasteiger partial charge in [-0.2, -0.15) is 5.26 Å². The van der Waals surface area contributed by atoms with Gasteiger partial charge in [-0.15, -0.1) is 0 Å². The minimum Gasteiger partial charge on any atom is -0.491 e. The fourth-order valence-corrected chi connectivity index (χ4v) is 2.82. The third kappa shape index (κ3) is 5.26. The number of nitriles is 1. The molecule has 23 heavy (non-hydrogen) atoms. The molecule has 1 heterocycles. The molecule has 124 valence electrons. The van der Waals surface area contributed by atoms with Gasteiger partial charge in [-0.25, -0.2) is 0 Å². The van der Waals surface area contributed by atoms with E-state index in [1.165, 1.54) is 0 Å². The molecule has 0 bridgehead atoms. The molecule has 2 rings (SSSR count). The van der Waals surface area contributed by atoms with Crippen molar-refractivity contribution in [2.24, 2.45) is 5.92 Å². The van der Waals surface area contributed by atoms with Crippen molar-refractivity contribution in [2.45, 2.75) is 32.6 Å². The normalized spacial score (nSPS) is 18.2. The maximum Gasteiger partial charge on any atom is 0.228 e. The van der Waals surface area contributed by atoms with Crippen molar-refractivity contribution in [2.75, 3.05) is 31.6 Å². The lowest BCUT2D eigenvalue weighted by atomic mass is 9.97. The van der Waals surface area contributed by atoms with Crippen molar-refractivity contribution in [3.05, 3.63) is 24.3 Å². The van der Waals surface area contributed by atoms with Gasteiger partial charge in [0.1, 0.15) is 5.75 Å². The molecule has 1 N–H and O–H groups in total. The predicted molar refractivity (Wildman–Crippen MR) is 90.3 cm³/mol. The summed E-state index contributed by atoms with van der Waals surface area (Å²) >= 11 is 0. The average Bonchev–Trinajstić information content (AvgIpc) is 2.59. The van der Waals surface area contributed by atoms with Crippen LogP contribution in [0.5, 0.6) is 5.75 Å². The van der Waals surface area contributed by atoms with Gasteiger partial charge in [0.25, 0.3) is 0 Å². The van der Waals surface area contributed by atoms with E-state index < -0.39 is 0 Å². The summed E-state index contributed by atoms with van der Waals surface area (Å²) in [6.07, 6.45) is 3.34. The summed E-state index contributed by atoms with van der Waals surface area (Å²) in [6, 6.07) is 9.73. The first-order chi connectivity index (χ1) is 11.2. The van der Waals surface area contributed by atoms with Gasteiger partial charge in [0.2, 0.25) is 5.91 Å². The van der Waals surface area contributed by atoms with Gasteiger partial charge in [0.15, 0.2) is 0 Å². The summed E-state index contributed by atoms with van der Waals surface area (Å²) in [5.74, 6) is 0.737. The van der Waals surface area contributed by atoms with Crippen molar-refractivity contribution in [1.82, 2.24) is 4.90 Å². The highest BCUT2D eigenvalue weighted by Crippen LogP contribution is 2.26. The van der Waals surface area contributed by atoms with Crippen LogP contribution in [0.1, 0.15) is 32.6 Å². The third-order valence-electron chi connectivity index (χ3n) is 4.02. The molecule has 1 amide bonds. The molecule has 1 aromatic carbocycles. The van der Waals surface area contributed by atoms with E-state index in [4.69, 9.17) is 10.00 Å². The Labute approximate surface area is 138 Å². The van der Waals surface area contributed by atoms with Crippen LogP contribution in [0.2, 0.25) is 0 Å². The molecule has 5 nitrogen and oxygen atoms in total. The van der Waals surface area contributed by atoms with E-state index in [2.05, 4.69) is 23.2 Å². The first-order valence-electron chi connectivity index (χ1n) is 8.36. The lowest BCUT2D eigenvalue weighted by Crippen LogP contribution is -2.41. The smallest absolute Gasteiger partial charge is 0.228 e. The number of hydrogen-bond donors (Lipinski definition) is 1. The molecule has 1 aromatic rings. The Balaban J connectivity index is 1.95. The zero-order valence-corrected chi connectivity index (χ0v) is 13.8. The van der Waals surface area contributed by atoms with E-state index in [9.17, 15) is 4.79 Å². The lowest BCUT2D eigenvalue weighted by Gasteiger charge is -2.31. The van der Waals surface area contributed by atoms with Crippen molar-refractivity contribution in [3.8, 4) is 11.8 Å². The Morgan fingerprint density at radius 3 is 3.09 bits per heavy atom. The van der Waals surface area contributed by atoms with Crippen molar-refractivity contribution in [1.29, 1.82) is 5.26 Å². The van der Waals surface area contributed by atoms with Gasteiger partial charge in [0.05, 0.1) is 24.3 Å². The van der Waals surface area contributed by atoms with Gasteiger partial charge >= 0.3 is 0 Å². The number of benzene rings is 1. The SMILES string of the molecule is CCCOc1ccccc1NC(=O)C1CCCN(CCC#N)C1. The van der Waals surface area contributed by atoms with Crippen LogP contribution in [0.3, 0.4) is 0 Å². The summed E-state index contributed by atoms with van der Waals surface area (Å²) < 4.78 is 5.69. The molecule has 0 aliphatic carbocycles. The fourth-order valence-electron chi connectivity index (χ4n) is 2.82. The number of carbonyl (C=O) groups is 1. The highest BCUT2D eigenvalue weighted by Gasteiger charge is 2.26. The van der Waals surface area contributed by atoms with E-state index in [-0.39, 0.29) is 11.8 Å². The standard InChI is InChI=1S/C18H25N3O2/c1-2-13-23-17-9-4-3-8-16(17)20-18(22)15-7-5-11-21(14-15)12-6-10-19/h3-4,8-9,15H,2,5-7,11-14H2,1H3,(H,20,22). The Bertz CT molecular complexity index is 553. The largest absolute Gasteiger partial charge is 0.491 e. The Morgan fingerprint density at radius 2 is 2.30 bits per heavy atom. The van der Waals surface area contributed by atoms with E-state index >= 15 is 0 Å². The Kier molecular flexibility index (Phi) is 6.89. The molecule has 1 aliphatic rings. The number of ether oxygens (including phenoxy) is 1.